The molecule has 0 aliphatic heterocycles. The van der Waals surface area contributed by atoms with Crippen molar-refractivity contribution in [3.63, 3.8) is 0 Å². The second kappa shape index (κ2) is 4.82. The van der Waals surface area contributed by atoms with Gasteiger partial charge < -0.3 is 10.2 Å². The van der Waals surface area contributed by atoms with E-state index in [1.54, 1.807) is 12.4 Å². The largest absolute Gasteiger partial charge is 0.372 e. The highest BCUT2D eigenvalue weighted by Gasteiger charge is 2.06. The van der Waals surface area contributed by atoms with Gasteiger partial charge in [-0.15, -0.1) is 0 Å². The zero-order chi connectivity index (χ0) is 12.3. The fraction of sp³-hybridized carbons (Fsp3) is 0.231. The van der Waals surface area contributed by atoms with Crippen LogP contribution < -0.4 is 10.2 Å². The molecule has 4 heteroatoms. The van der Waals surface area contributed by atoms with Crippen molar-refractivity contribution >= 4 is 17.3 Å². The minimum Gasteiger partial charge on any atom is -0.372 e. The van der Waals surface area contributed by atoms with E-state index in [0.29, 0.717) is 0 Å². The van der Waals surface area contributed by atoms with E-state index >= 15 is 0 Å². The minimum atomic E-state index is 0.766. The van der Waals surface area contributed by atoms with Crippen LogP contribution in [0.1, 0.15) is 5.56 Å². The molecule has 0 aliphatic carbocycles. The normalized spacial score (nSPS) is 10.1. The maximum Gasteiger partial charge on any atom is 0.153 e. The topological polar surface area (TPSA) is 41.1 Å². The maximum absolute atomic E-state index is 4.45. The molecule has 2 rings (SSSR count). The number of aromatic nitrogens is 2. The van der Waals surface area contributed by atoms with Gasteiger partial charge in [0, 0.05) is 19.8 Å². The Morgan fingerprint density at radius 2 is 2.06 bits per heavy atom. The summed E-state index contributed by atoms with van der Waals surface area (Å²) in [5, 5.41) is 2.98. The van der Waals surface area contributed by atoms with E-state index in [9.17, 15) is 0 Å². The molecule has 0 aliphatic rings. The number of rotatable bonds is 3. The summed E-state index contributed by atoms with van der Waals surface area (Å²) in [7, 11) is 3.82. The number of benzene rings is 1. The molecule has 0 spiro atoms. The van der Waals surface area contributed by atoms with Crippen LogP contribution in [-0.4, -0.2) is 24.1 Å². The Hall–Kier alpha value is -2.10. The molecule has 88 valence electrons. The summed E-state index contributed by atoms with van der Waals surface area (Å²) in [6.45, 7) is 2.08. The summed E-state index contributed by atoms with van der Waals surface area (Å²) in [5.74, 6) is 1.59. The van der Waals surface area contributed by atoms with E-state index < -0.39 is 0 Å². The van der Waals surface area contributed by atoms with E-state index in [-0.39, 0.29) is 0 Å². The molecule has 1 aromatic carbocycles. The van der Waals surface area contributed by atoms with Gasteiger partial charge in [-0.1, -0.05) is 12.1 Å². The summed E-state index contributed by atoms with van der Waals surface area (Å²) in [4.78, 5) is 10.6. The monoisotopic (exact) mass is 228 g/mol. The summed E-state index contributed by atoms with van der Waals surface area (Å²) in [5.41, 5.74) is 2.33. The Bertz CT molecular complexity index is 510. The quantitative estimate of drug-likeness (QED) is 0.876. The van der Waals surface area contributed by atoms with Crippen molar-refractivity contribution < 1.29 is 0 Å². The van der Waals surface area contributed by atoms with Crippen LogP contribution in [0.5, 0.6) is 0 Å². The summed E-state index contributed by atoms with van der Waals surface area (Å²) < 4.78 is 0. The number of hydrogen-bond acceptors (Lipinski definition) is 4. The molecule has 0 saturated heterocycles. The fourth-order valence-corrected chi connectivity index (χ4v) is 1.61. The van der Waals surface area contributed by atoms with E-state index in [1.165, 1.54) is 5.56 Å². The van der Waals surface area contributed by atoms with Gasteiger partial charge in [-0.3, -0.25) is 4.98 Å². The summed E-state index contributed by atoms with van der Waals surface area (Å²) in [6.07, 6.45) is 3.46. The number of hydrogen-bond donors (Lipinski definition) is 1. The van der Waals surface area contributed by atoms with Crippen molar-refractivity contribution in [1.82, 2.24) is 9.97 Å². The van der Waals surface area contributed by atoms with Crippen molar-refractivity contribution in [3.8, 4) is 0 Å². The molecule has 1 heterocycles. The van der Waals surface area contributed by atoms with Gasteiger partial charge in [0.2, 0.25) is 0 Å². The van der Waals surface area contributed by atoms with Crippen LogP contribution in [-0.2, 0) is 0 Å². The molecule has 2 aromatic rings. The average molecular weight is 228 g/mol. The average Bonchev–Trinajstić information content (AvgIpc) is 2.38. The number of aryl methyl sites for hydroxylation is 1. The standard InChI is InChI=1S/C13H16N4/c1-10-5-4-6-11(7-10)17(3)13-9-15-8-12(14-2)16-13/h4-9H,1-3H3,(H,14,16). The first-order valence-electron chi connectivity index (χ1n) is 5.51. The Labute approximate surface area is 101 Å². The predicted octanol–water partition coefficient (Wildman–Crippen LogP) is 2.59. The Morgan fingerprint density at radius 3 is 2.76 bits per heavy atom. The van der Waals surface area contributed by atoms with Crippen molar-refractivity contribution in [1.29, 1.82) is 0 Å². The van der Waals surface area contributed by atoms with Crippen LogP contribution in [0.2, 0.25) is 0 Å². The molecule has 0 fully saturated rings. The minimum absolute atomic E-state index is 0.766. The third kappa shape index (κ3) is 2.53. The van der Waals surface area contributed by atoms with Gasteiger partial charge in [-0.25, -0.2) is 4.98 Å². The molecule has 0 atom stereocenters. The molecule has 0 bridgehead atoms. The molecule has 4 nitrogen and oxygen atoms in total. The molecule has 1 N–H and O–H groups in total. The highest BCUT2D eigenvalue weighted by Crippen LogP contribution is 2.22. The highest BCUT2D eigenvalue weighted by atomic mass is 15.2. The first-order chi connectivity index (χ1) is 8.20. The number of anilines is 3. The van der Waals surface area contributed by atoms with Crippen LogP contribution in [0.25, 0.3) is 0 Å². The van der Waals surface area contributed by atoms with Crippen molar-refractivity contribution in [3.05, 3.63) is 42.2 Å². The van der Waals surface area contributed by atoms with E-state index in [4.69, 9.17) is 0 Å². The van der Waals surface area contributed by atoms with Crippen molar-refractivity contribution in [2.24, 2.45) is 0 Å². The third-order valence-corrected chi connectivity index (χ3v) is 2.61. The highest BCUT2D eigenvalue weighted by molar-refractivity contribution is 5.60. The number of nitrogens with zero attached hydrogens (tertiary/aromatic N) is 3. The first-order valence-corrected chi connectivity index (χ1v) is 5.51. The van der Waals surface area contributed by atoms with Crippen LogP contribution in [0.3, 0.4) is 0 Å². The van der Waals surface area contributed by atoms with Crippen LogP contribution in [0.4, 0.5) is 17.3 Å². The molecule has 17 heavy (non-hydrogen) atoms. The second-order valence-electron chi connectivity index (χ2n) is 3.91. The Kier molecular flexibility index (Phi) is 3.23. The van der Waals surface area contributed by atoms with E-state index in [1.807, 2.05) is 25.1 Å². The molecular weight excluding hydrogens is 212 g/mol. The number of nitrogens with one attached hydrogen (secondary N) is 1. The zero-order valence-electron chi connectivity index (χ0n) is 10.3. The summed E-state index contributed by atoms with van der Waals surface area (Å²) >= 11 is 0. The lowest BCUT2D eigenvalue weighted by atomic mass is 10.2. The zero-order valence-corrected chi connectivity index (χ0v) is 10.3. The van der Waals surface area contributed by atoms with Gasteiger partial charge in [-0.2, -0.15) is 0 Å². The van der Waals surface area contributed by atoms with Crippen LogP contribution in [0.15, 0.2) is 36.7 Å². The second-order valence-corrected chi connectivity index (χ2v) is 3.91. The third-order valence-electron chi connectivity index (χ3n) is 2.61. The SMILES string of the molecule is CNc1cncc(N(C)c2cccc(C)c2)n1. The fourth-order valence-electron chi connectivity index (χ4n) is 1.61. The van der Waals surface area contributed by atoms with Gasteiger partial charge in [0.1, 0.15) is 5.82 Å². The molecule has 1 aromatic heterocycles. The molecular formula is C13H16N4. The van der Waals surface area contributed by atoms with E-state index in [2.05, 4.69) is 40.4 Å². The van der Waals surface area contributed by atoms with Gasteiger partial charge >= 0.3 is 0 Å². The predicted molar refractivity (Wildman–Crippen MR) is 70.8 cm³/mol. The molecule has 0 unspecified atom stereocenters. The Morgan fingerprint density at radius 1 is 1.24 bits per heavy atom. The Balaban J connectivity index is 2.33. The van der Waals surface area contributed by atoms with Crippen molar-refractivity contribution in [2.45, 2.75) is 6.92 Å². The van der Waals surface area contributed by atoms with Crippen LogP contribution >= 0.6 is 0 Å². The van der Waals surface area contributed by atoms with Crippen LogP contribution in [0, 0.1) is 6.92 Å². The van der Waals surface area contributed by atoms with Gasteiger partial charge in [0.05, 0.1) is 12.4 Å². The lowest BCUT2D eigenvalue weighted by Crippen LogP contribution is -2.12. The lowest BCUT2D eigenvalue weighted by molar-refractivity contribution is 1.08. The smallest absolute Gasteiger partial charge is 0.153 e. The van der Waals surface area contributed by atoms with Crippen molar-refractivity contribution in [2.75, 3.05) is 24.3 Å². The van der Waals surface area contributed by atoms with E-state index in [0.717, 1.165) is 17.3 Å². The maximum atomic E-state index is 4.45. The lowest BCUT2D eigenvalue weighted by Gasteiger charge is -2.18. The van der Waals surface area contributed by atoms with Gasteiger partial charge in [0.25, 0.3) is 0 Å². The molecule has 0 saturated carbocycles. The first kappa shape index (κ1) is 11.4. The molecule has 0 radical (unpaired) electrons. The van der Waals surface area contributed by atoms with Gasteiger partial charge in [0.15, 0.2) is 5.82 Å². The molecule has 0 amide bonds. The van der Waals surface area contributed by atoms with Gasteiger partial charge in [-0.05, 0) is 24.6 Å². The summed E-state index contributed by atoms with van der Waals surface area (Å²) in [6, 6.07) is 8.29.